The molecule has 0 bridgehead atoms. The molecule has 5 heterocycles. The molecule has 1 aromatic carbocycles. The molecule has 4 fully saturated rings. The van der Waals surface area contributed by atoms with Crippen molar-refractivity contribution < 1.29 is 18.0 Å². The van der Waals surface area contributed by atoms with E-state index in [4.69, 9.17) is 5.73 Å². The van der Waals surface area contributed by atoms with E-state index in [0.29, 0.717) is 41.6 Å². The molecule has 1 aliphatic carbocycles. The summed E-state index contributed by atoms with van der Waals surface area (Å²) in [6, 6.07) is 7.88. The fourth-order valence-electron chi connectivity index (χ4n) is 9.00. The number of dihydropyridines is 1. The first-order chi connectivity index (χ1) is 24.8. The van der Waals surface area contributed by atoms with E-state index in [9.17, 15) is 18.0 Å². The van der Waals surface area contributed by atoms with Crippen LogP contribution in [0.15, 0.2) is 41.0 Å². The van der Waals surface area contributed by atoms with Crippen LogP contribution in [-0.2, 0) is 17.9 Å². The number of fused-ring (bicyclic) bond motifs is 2. The maximum atomic E-state index is 13.6. The number of piperidine rings is 3. The molecule has 0 radical (unpaired) electrons. The molecule has 52 heavy (non-hydrogen) atoms. The minimum atomic E-state index is -4.38. The number of hydrogen-bond donors (Lipinski definition) is 3. The molecule has 4 aliphatic heterocycles. The summed E-state index contributed by atoms with van der Waals surface area (Å²) in [4.78, 5) is 24.6. The summed E-state index contributed by atoms with van der Waals surface area (Å²) >= 11 is 0. The number of benzene rings is 1. The van der Waals surface area contributed by atoms with Gasteiger partial charge in [0.2, 0.25) is 5.91 Å². The summed E-state index contributed by atoms with van der Waals surface area (Å²) in [5.74, 6) is 6.85. The van der Waals surface area contributed by atoms with Crippen molar-refractivity contribution >= 4 is 23.0 Å². The van der Waals surface area contributed by atoms with Crippen molar-refractivity contribution in [1.82, 2.24) is 29.9 Å². The number of hydrogen-bond acceptors (Lipinski definition) is 7. The van der Waals surface area contributed by atoms with Gasteiger partial charge in [0.15, 0.2) is 0 Å². The van der Waals surface area contributed by atoms with Gasteiger partial charge < -0.3 is 30.7 Å². The average molecular weight is 721 g/mol. The second-order valence-corrected chi connectivity index (χ2v) is 16.7. The Labute approximate surface area is 306 Å². The van der Waals surface area contributed by atoms with Crippen molar-refractivity contribution in [2.75, 3.05) is 59.4 Å². The van der Waals surface area contributed by atoms with Gasteiger partial charge in [-0.3, -0.25) is 14.7 Å². The highest BCUT2D eigenvalue weighted by molar-refractivity contribution is 5.83. The highest BCUT2D eigenvalue weighted by Gasteiger charge is 2.56. The highest BCUT2D eigenvalue weighted by atomic mass is 19.4. The third kappa shape index (κ3) is 8.70. The van der Waals surface area contributed by atoms with Crippen LogP contribution in [0.4, 0.5) is 13.2 Å². The van der Waals surface area contributed by atoms with Crippen LogP contribution in [0.3, 0.4) is 0 Å². The number of nitrogens with one attached hydrogen (secondary N) is 2. The van der Waals surface area contributed by atoms with Gasteiger partial charge in [0, 0.05) is 65.9 Å². The number of halogens is 3. The second kappa shape index (κ2) is 14.8. The molecule has 5 aliphatic rings. The lowest BCUT2D eigenvalue weighted by Gasteiger charge is -2.46. The number of aromatic nitrogens is 1. The molecule has 4 N–H and O–H groups in total. The van der Waals surface area contributed by atoms with Gasteiger partial charge in [-0.2, -0.15) is 13.2 Å². The lowest BCUT2D eigenvalue weighted by atomic mass is 9.71. The maximum Gasteiger partial charge on any atom is 0.406 e. The van der Waals surface area contributed by atoms with E-state index in [1.54, 1.807) is 18.3 Å². The maximum absolute atomic E-state index is 13.6. The first-order valence-corrected chi connectivity index (χ1v) is 19.1. The Bertz CT molecular complexity index is 1720. The van der Waals surface area contributed by atoms with Gasteiger partial charge in [0.1, 0.15) is 6.54 Å². The van der Waals surface area contributed by atoms with Crippen LogP contribution in [0.2, 0.25) is 0 Å². The summed E-state index contributed by atoms with van der Waals surface area (Å²) in [5, 5.41) is 7.62. The minimum absolute atomic E-state index is 0.227. The average Bonchev–Trinajstić information content (AvgIpc) is 3.76. The molecular weight excluding hydrogens is 665 g/mol. The Morgan fingerprint density at radius 1 is 1.04 bits per heavy atom. The van der Waals surface area contributed by atoms with Crippen LogP contribution >= 0.6 is 0 Å². The zero-order valence-corrected chi connectivity index (χ0v) is 30.9. The van der Waals surface area contributed by atoms with Crippen molar-refractivity contribution in [2.24, 2.45) is 28.0 Å². The van der Waals surface area contributed by atoms with Crippen molar-refractivity contribution in [3.63, 3.8) is 0 Å². The van der Waals surface area contributed by atoms with Crippen molar-refractivity contribution in [3.8, 4) is 11.8 Å². The van der Waals surface area contributed by atoms with E-state index in [0.717, 1.165) is 55.7 Å². The first kappa shape index (κ1) is 37.0. The van der Waals surface area contributed by atoms with Gasteiger partial charge >= 0.3 is 6.18 Å². The van der Waals surface area contributed by atoms with Crippen LogP contribution in [0.5, 0.6) is 0 Å². The van der Waals surface area contributed by atoms with Crippen molar-refractivity contribution in [2.45, 2.75) is 89.3 Å². The number of rotatable bonds is 9. The fraction of sp³-hybridized carbons (Fsp3) is 0.650. The van der Waals surface area contributed by atoms with Crippen LogP contribution in [0, 0.1) is 29.1 Å². The molecule has 7 rings (SSSR count). The van der Waals surface area contributed by atoms with Gasteiger partial charge in [-0.05, 0) is 121 Å². The molecule has 3 saturated heterocycles. The Morgan fingerprint density at radius 2 is 1.75 bits per heavy atom. The van der Waals surface area contributed by atoms with E-state index < -0.39 is 12.7 Å². The largest absolute Gasteiger partial charge is 0.406 e. The molecule has 1 saturated carbocycles. The van der Waals surface area contributed by atoms with E-state index >= 15 is 0 Å². The van der Waals surface area contributed by atoms with E-state index in [-0.39, 0.29) is 30.1 Å². The van der Waals surface area contributed by atoms with E-state index in [1.807, 2.05) is 30.9 Å². The van der Waals surface area contributed by atoms with Gasteiger partial charge in [-0.15, -0.1) is 0 Å². The molecule has 9 nitrogen and oxygen atoms in total. The number of nitrogens with zero attached hydrogens (tertiary/aromatic N) is 5. The molecule has 3 unspecified atom stereocenters. The number of likely N-dealkylation sites (tertiary alicyclic amines) is 3. The Hall–Kier alpha value is -3.37. The summed E-state index contributed by atoms with van der Waals surface area (Å²) < 4.78 is 42.2. The molecule has 2 aromatic rings. The molecule has 1 amide bonds. The van der Waals surface area contributed by atoms with E-state index in [2.05, 4.69) is 50.4 Å². The van der Waals surface area contributed by atoms with Gasteiger partial charge in [0.05, 0.1) is 24.8 Å². The molecule has 12 heteroatoms. The lowest BCUT2D eigenvalue weighted by molar-refractivity contribution is -0.140. The smallest absolute Gasteiger partial charge is 0.373 e. The number of allylic oxidation sites excluding steroid dienone is 1. The standard InChI is InChI=1S/C40H55F3N8O/c1-38(2,44)36-33-23-31(25-47-37(33)36)45-14-4-5-32-22-29-21-28(6-7-34(29)51(32)27-40(41,42)43)24-46-30-8-15-50(16-9-30)35(52)26-49-19-12-39(13-20-49)10-17-48(3)18-11-39/h6-7,21-23,25,30,33,36-37,45-46H,8-20,24,26-27,44H2,1-3H3. The first-order valence-electron chi connectivity index (χ1n) is 19.1. The van der Waals surface area contributed by atoms with Crippen molar-refractivity contribution in [1.29, 1.82) is 0 Å². The second-order valence-electron chi connectivity index (χ2n) is 16.7. The van der Waals surface area contributed by atoms with Crippen LogP contribution in [-0.4, -0.2) is 115 Å². The van der Waals surface area contributed by atoms with Crippen LogP contribution in [0.25, 0.3) is 10.9 Å². The SMILES string of the molecule is CN1CCC2(CC1)CCN(CC(=O)N1CCC(NCc3ccc4c(c3)cc(C#CCNC3=CC5C(N=C3)C5C(C)(C)N)n4CC(F)(F)F)CC1)CC2. The predicted molar refractivity (Wildman–Crippen MR) is 200 cm³/mol. The number of amides is 1. The number of alkyl halides is 3. The zero-order chi connectivity index (χ0) is 36.7. The van der Waals surface area contributed by atoms with Gasteiger partial charge in [-0.25, -0.2) is 0 Å². The molecular formula is C40H55F3N8O. The fourth-order valence-corrected chi connectivity index (χ4v) is 9.00. The van der Waals surface area contributed by atoms with Crippen molar-refractivity contribution in [3.05, 3.63) is 47.3 Å². The molecule has 282 valence electrons. The Morgan fingerprint density at radius 3 is 2.44 bits per heavy atom. The lowest BCUT2D eigenvalue weighted by Crippen LogP contribution is -2.50. The minimum Gasteiger partial charge on any atom is -0.373 e. The number of aliphatic imine (C=N–C) groups is 1. The highest BCUT2D eigenvalue weighted by Crippen LogP contribution is 2.50. The Kier molecular flexibility index (Phi) is 10.5. The topological polar surface area (TPSA) is 94.2 Å². The molecule has 3 atom stereocenters. The van der Waals surface area contributed by atoms with E-state index in [1.165, 1.54) is 43.3 Å². The number of carbonyl (C=O) groups is 1. The summed E-state index contributed by atoms with van der Waals surface area (Å²) in [6.07, 6.45) is 6.30. The Balaban J connectivity index is 0.894. The molecule has 1 spiro atoms. The summed E-state index contributed by atoms with van der Waals surface area (Å²) in [5.41, 5.74) is 9.19. The summed E-state index contributed by atoms with van der Waals surface area (Å²) in [6.45, 7) is 10.3. The quantitative estimate of drug-likeness (QED) is 0.334. The predicted octanol–water partition coefficient (Wildman–Crippen LogP) is 4.35. The number of carbonyl (C=O) groups excluding carboxylic acids is 1. The summed E-state index contributed by atoms with van der Waals surface area (Å²) in [7, 11) is 2.21. The zero-order valence-electron chi connectivity index (χ0n) is 30.9. The van der Waals surface area contributed by atoms with Crippen LogP contribution < -0.4 is 16.4 Å². The van der Waals surface area contributed by atoms with Crippen LogP contribution in [0.1, 0.15) is 63.6 Å². The number of nitrogens with two attached hydrogens (primary N) is 1. The third-order valence-electron chi connectivity index (χ3n) is 12.3. The monoisotopic (exact) mass is 720 g/mol. The third-order valence-corrected chi connectivity index (χ3v) is 12.3. The van der Waals surface area contributed by atoms with Gasteiger partial charge in [0.25, 0.3) is 0 Å². The molecule has 1 aromatic heterocycles. The normalized spacial score (nSPS) is 25.5. The van der Waals surface area contributed by atoms with Gasteiger partial charge in [-0.1, -0.05) is 18.1 Å².